The molecule has 0 aromatic rings. The van der Waals surface area contributed by atoms with Crippen molar-refractivity contribution in [1.29, 1.82) is 5.26 Å². The molecule has 0 bridgehead atoms. The molecule has 0 saturated carbocycles. The average Bonchev–Trinajstić information content (AvgIpc) is 1.37. The van der Waals surface area contributed by atoms with Gasteiger partial charge in [0.1, 0.15) is 0 Å². The van der Waals surface area contributed by atoms with Crippen molar-refractivity contribution in [3.8, 4) is 4.66 Å². The summed E-state index contributed by atoms with van der Waals surface area (Å²) in [7, 11) is 0. The van der Waals surface area contributed by atoms with Crippen molar-refractivity contribution in [2.45, 2.75) is 0 Å². The SMILES string of the molecule is N#[C][Zn][NH2]. The first-order valence-corrected chi connectivity index (χ1v) is 4.18. The van der Waals surface area contributed by atoms with Crippen LogP contribution in [0.15, 0.2) is 0 Å². The third-order valence-electron chi connectivity index (χ3n) is 0.0913. The minimum absolute atomic E-state index is 1.08. The summed E-state index contributed by atoms with van der Waals surface area (Å²) in [5, 5.41) is 7.58. The summed E-state index contributed by atoms with van der Waals surface area (Å²) in [5.41, 5.74) is 0. The topological polar surface area (TPSA) is 49.8 Å². The Balaban J connectivity index is 2.43. The Morgan fingerprint density at radius 1 is 2.00 bits per heavy atom. The van der Waals surface area contributed by atoms with Crippen molar-refractivity contribution in [3.05, 3.63) is 0 Å². The first kappa shape index (κ1) is 4.07. The summed E-state index contributed by atoms with van der Waals surface area (Å²) in [6.45, 7) is 0. The summed E-state index contributed by atoms with van der Waals surface area (Å²) in [4.78, 5) is 0. The molecule has 0 spiro atoms. The van der Waals surface area contributed by atoms with Crippen LogP contribution in [0.5, 0.6) is 0 Å². The molecule has 0 atom stereocenters. The van der Waals surface area contributed by atoms with Gasteiger partial charge >= 0.3 is 31.8 Å². The van der Waals surface area contributed by atoms with Gasteiger partial charge in [-0.15, -0.1) is 0 Å². The normalized spacial score (nSPS) is 3.00. The molecule has 0 radical (unpaired) electrons. The molecule has 0 aliphatic rings. The van der Waals surface area contributed by atoms with E-state index in [9.17, 15) is 0 Å². The molecule has 2 nitrogen and oxygen atoms in total. The van der Waals surface area contributed by atoms with E-state index in [1.807, 2.05) is 4.66 Å². The molecule has 0 rings (SSSR count). The van der Waals surface area contributed by atoms with E-state index in [2.05, 4.69) is 0 Å². The Kier molecular flexibility index (Phi) is 3.13. The van der Waals surface area contributed by atoms with Crippen molar-refractivity contribution in [2.24, 2.45) is 4.48 Å². The van der Waals surface area contributed by atoms with E-state index >= 15 is 0 Å². The molecule has 3 heteroatoms. The number of hydrogen-bond donors (Lipinski definition) is 1. The van der Waals surface area contributed by atoms with Gasteiger partial charge in [0.25, 0.3) is 0 Å². The molecule has 2 N–H and O–H groups in total. The molecule has 0 unspecified atom stereocenters. The summed E-state index contributed by atoms with van der Waals surface area (Å²) >= 11 is -1.08. The van der Waals surface area contributed by atoms with Crippen LogP contribution in [-0.2, 0) is 17.4 Å². The second kappa shape index (κ2) is 3.07. The maximum atomic E-state index is 7.58. The van der Waals surface area contributed by atoms with Crippen LogP contribution in [0, 0.1) is 9.93 Å². The third kappa shape index (κ3) is 2.07. The van der Waals surface area contributed by atoms with Gasteiger partial charge in [-0.25, -0.2) is 0 Å². The van der Waals surface area contributed by atoms with E-state index in [1.54, 1.807) is 0 Å². The Labute approximate surface area is 32.5 Å². The van der Waals surface area contributed by atoms with E-state index in [0.717, 1.165) is 0 Å². The van der Waals surface area contributed by atoms with Gasteiger partial charge in [0.05, 0.1) is 0 Å². The molecule has 0 saturated heterocycles. The van der Waals surface area contributed by atoms with Gasteiger partial charge in [0, 0.05) is 0 Å². The van der Waals surface area contributed by atoms with E-state index < -0.39 is 17.4 Å². The van der Waals surface area contributed by atoms with Crippen LogP contribution in [0.4, 0.5) is 0 Å². The van der Waals surface area contributed by atoms with E-state index in [4.69, 9.17) is 9.74 Å². The van der Waals surface area contributed by atoms with Gasteiger partial charge in [-0.1, -0.05) is 0 Å². The Bertz CT molecular complexity index is 35.8. The Morgan fingerprint density at radius 2 is 2.25 bits per heavy atom. The minimum atomic E-state index is -1.08. The number of nitriles is 1. The van der Waals surface area contributed by atoms with Crippen LogP contribution in [0.3, 0.4) is 0 Å². The number of hydrogen-bond acceptors (Lipinski definition) is 2. The zero-order valence-electron chi connectivity index (χ0n) is 2.23. The molecule has 0 aromatic heterocycles. The number of rotatable bonds is 0. The predicted octanol–water partition coefficient (Wildman–Crippen LogP) is -0.576. The van der Waals surface area contributed by atoms with Gasteiger partial charge in [-0.2, -0.15) is 0 Å². The van der Waals surface area contributed by atoms with Gasteiger partial charge in [0.2, 0.25) is 0 Å². The first-order chi connectivity index (χ1) is 1.91. The Hall–Kier alpha value is 0.0734. The van der Waals surface area contributed by atoms with Crippen molar-refractivity contribution in [3.63, 3.8) is 0 Å². The van der Waals surface area contributed by atoms with Gasteiger partial charge in [0.15, 0.2) is 0 Å². The zero-order valence-corrected chi connectivity index (χ0v) is 5.20. The molecule has 0 aliphatic carbocycles. The number of nitrogens with two attached hydrogens (primary N) is 1. The van der Waals surface area contributed by atoms with Crippen LogP contribution < -0.4 is 4.48 Å². The molecule has 4 heavy (non-hydrogen) atoms. The summed E-state index contributed by atoms with van der Waals surface area (Å²) in [5.74, 6) is 0. The van der Waals surface area contributed by atoms with E-state index in [-0.39, 0.29) is 0 Å². The maximum absolute atomic E-state index is 7.58. The second-order valence-corrected chi connectivity index (χ2v) is 1.88. The number of nitrogens with zero attached hydrogens (tertiary/aromatic N) is 1. The molecule has 0 amide bonds. The molecule has 0 aliphatic heterocycles. The van der Waals surface area contributed by atoms with Gasteiger partial charge < -0.3 is 0 Å². The molecular weight excluding hydrogens is 105 g/mol. The molecule has 0 fully saturated rings. The Morgan fingerprint density at radius 3 is 2.25 bits per heavy atom. The monoisotopic (exact) mass is 106 g/mol. The van der Waals surface area contributed by atoms with Crippen molar-refractivity contribution in [2.75, 3.05) is 0 Å². The second-order valence-electron chi connectivity index (χ2n) is 0.362. The summed E-state index contributed by atoms with van der Waals surface area (Å²) in [6.07, 6.45) is 0. The zero-order chi connectivity index (χ0) is 3.41. The van der Waals surface area contributed by atoms with Crippen LogP contribution in [0.25, 0.3) is 0 Å². The molecule has 0 heterocycles. The summed E-state index contributed by atoms with van der Waals surface area (Å²) < 4.78 is 6.75. The molecular formula is CH2N2Zn. The van der Waals surface area contributed by atoms with Crippen LogP contribution in [0.1, 0.15) is 0 Å². The average molecular weight is 107 g/mol. The van der Waals surface area contributed by atoms with Crippen molar-refractivity contribution in [1.82, 2.24) is 0 Å². The first-order valence-electron chi connectivity index (χ1n) is 0.985. The third-order valence-corrected chi connectivity index (χ3v) is 0.474. The van der Waals surface area contributed by atoms with Crippen LogP contribution in [-0.4, -0.2) is 0 Å². The van der Waals surface area contributed by atoms with Crippen molar-refractivity contribution < 1.29 is 17.4 Å². The quantitative estimate of drug-likeness (QED) is 0.421. The van der Waals surface area contributed by atoms with Gasteiger partial charge in [-0.3, -0.25) is 0 Å². The van der Waals surface area contributed by atoms with Crippen molar-refractivity contribution >= 4 is 0 Å². The molecule has 18 valence electrons. The standard InChI is InChI=1S/CN.H2N.Zn/c1-2;;/h;1H2;/q;-1;+1. The van der Waals surface area contributed by atoms with Crippen LogP contribution in [0.2, 0.25) is 0 Å². The predicted molar refractivity (Wildman–Crippen MR) is 9.80 cm³/mol. The fraction of sp³-hybridized carbons (Fsp3) is 0. The fourth-order valence-electron chi connectivity index (χ4n) is 0. The fourth-order valence-corrected chi connectivity index (χ4v) is 0. The van der Waals surface area contributed by atoms with Gasteiger partial charge in [-0.05, 0) is 0 Å². The van der Waals surface area contributed by atoms with Crippen LogP contribution >= 0.6 is 0 Å². The van der Waals surface area contributed by atoms with E-state index in [1.165, 1.54) is 0 Å². The summed E-state index contributed by atoms with van der Waals surface area (Å²) in [6, 6.07) is 0. The molecule has 0 aromatic carbocycles. The van der Waals surface area contributed by atoms with E-state index in [0.29, 0.717) is 0 Å².